The van der Waals surface area contributed by atoms with Gasteiger partial charge in [0.2, 0.25) is 11.8 Å². The second-order valence-electron chi connectivity index (χ2n) is 12.1. The molecule has 2 aromatic carbocycles. The first kappa shape index (κ1) is 34.1. The zero-order chi connectivity index (χ0) is 31.7. The molecule has 2 aromatic rings. The largest absolute Gasteiger partial charge is 0.391 e. The van der Waals surface area contributed by atoms with Gasteiger partial charge < -0.3 is 21.1 Å². The van der Waals surface area contributed by atoms with E-state index in [4.69, 9.17) is 5.73 Å². The van der Waals surface area contributed by atoms with Crippen LogP contribution in [0.15, 0.2) is 65.8 Å². The van der Waals surface area contributed by atoms with Crippen LogP contribution in [0.1, 0.15) is 76.5 Å². The van der Waals surface area contributed by atoms with Crippen molar-refractivity contribution >= 4 is 11.8 Å². The lowest BCUT2D eigenvalue weighted by atomic mass is 9.63. The molecule has 0 aliphatic heterocycles. The third-order valence-electron chi connectivity index (χ3n) is 8.18. The number of carbonyl (C=O) groups excluding carboxylic acids is 2. The molecule has 0 fully saturated rings. The van der Waals surface area contributed by atoms with Gasteiger partial charge in [-0.1, -0.05) is 69.7 Å². The zero-order valence-corrected chi connectivity index (χ0v) is 26.1. The molecular formula is C35H47F2N3O3. The minimum absolute atomic E-state index is 0.0155. The van der Waals surface area contributed by atoms with Crippen LogP contribution in [0, 0.1) is 23.0 Å². The monoisotopic (exact) mass is 595 g/mol. The van der Waals surface area contributed by atoms with Gasteiger partial charge in [0.05, 0.1) is 11.5 Å². The lowest BCUT2D eigenvalue weighted by molar-refractivity contribution is -0.132. The number of amides is 2. The Morgan fingerprint density at radius 2 is 1.70 bits per heavy atom. The molecule has 8 heteroatoms. The predicted molar refractivity (Wildman–Crippen MR) is 167 cm³/mol. The standard InChI is InChI=1S/C35H47F2N3O3/c1-6-11-40(12-7-2)33(42)28-13-24(5)19-35(20-28,34(38)43)31(17-26-15-29(36)18-30(37)16-26)32(41)22-39-21-25-9-8-10-27(14-25)23(3)4/h8-10,13-16,18-19,23,31-32,39,41H,6-7,11-12,17,20-22H2,1-5H3,(H2,38,43)/t31-,32+,35?/m1/s1. The summed E-state index contributed by atoms with van der Waals surface area (Å²) in [4.78, 5) is 28.9. The molecule has 0 aromatic heterocycles. The van der Waals surface area contributed by atoms with Gasteiger partial charge in [-0.15, -0.1) is 0 Å². The zero-order valence-electron chi connectivity index (χ0n) is 26.1. The van der Waals surface area contributed by atoms with Gasteiger partial charge in [0.15, 0.2) is 0 Å². The van der Waals surface area contributed by atoms with Crippen LogP contribution in [0.2, 0.25) is 0 Å². The van der Waals surface area contributed by atoms with Crippen molar-refractivity contribution in [1.82, 2.24) is 10.2 Å². The fraction of sp³-hybridized carbons (Fsp3) is 0.486. The van der Waals surface area contributed by atoms with E-state index in [-0.39, 0.29) is 25.3 Å². The van der Waals surface area contributed by atoms with Crippen LogP contribution >= 0.6 is 0 Å². The summed E-state index contributed by atoms with van der Waals surface area (Å²) in [5, 5.41) is 15.0. The third-order valence-corrected chi connectivity index (χ3v) is 8.18. The number of aliphatic hydroxyl groups is 1. The van der Waals surface area contributed by atoms with Crippen LogP contribution in [0.25, 0.3) is 0 Å². The number of hydrogen-bond acceptors (Lipinski definition) is 4. The van der Waals surface area contributed by atoms with E-state index in [2.05, 4.69) is 31.3 Å². The maximum Gasteiger partial charge on any atom is 0.249 e. The van der Waals surface area contributed by atoms with Gasteiger partial charge in [0, 0.05) is 43.7 Å². The number of halogens is 2. The van der Waals surface area contributed by atoms with E-state index in [0.717, 1.165) is 24.5 Å². The van der Waals surface area contributed by atoms with Gasteiger partial charge in [0.1, 0.15) is 11.6 Å². The van der Waals surface area contributed by atoms with E-state index < -0.39 is 35.0 Å². The van der Waals surface area contributed by atoms with Crippen molar-refractivity contribution in [2.45, 2.75) is 78.9 Å². The quantitative estimate of drug-likeness (QED) is 0.243. The van der Waals surface area contributed by atoms with Crippen LogP contribution in [0.3, 0.4) is 0 Å². The number of rotatable bonds is 15. The lowest BCUT2D eigenvalue weighted by Crippen LogP contribution is -2.51. The SMILES string of the molecule is CCCN(CCC)C(=O)C1=CC(C)=CC(C(N)=O)([C@H](Cc2cc(F)cc(F)c2)[C@@H](O)CNCc2cccc(C(C)C)c2)C1. The second-order valence-corrected chi connectivity index (χ2v) is 12.1. The van der Waals surface area contributed by atoms with Crippen LogP contribution in [-0.2, 0) is 22.6 Å². The number of benzene rings is 2. The third kappa shape index (κ3) is 8.83. The van der Waals surface area contributed by atoms with E-state index in [1.807, 2.05) is 26.0 Å². The highest BCUT2D eigenvalue weighted by molar-refractivity contribution is 5.97. The molecule has 3 rings (SSSR count). The van der Waals surface area contributed by atoms with Gasteiger partial charge in [-0.05, 0) is 67.3 Å². The Kier molecular flexibility index (Phi) is 12.2. The number of nitrogens with two attached hydrogens (primary N) is 1. The highest BCUT2D eigenvalue weighted by atomic mass is 19.1. The van der Waals surface area contributed by atoms with Gasteiger partial charge in [-0.3, -0.25) is 9.59 Å². The van der Waals surface area contributed by atoms with E-state index in [1.54, 1.807) is 24.0 Å². The van der Waals surface area contributed by atoms with Crippen molar-refractivity contribution in [2.24, 2.45) is 17.1 Å². The molecule has 0 saturated carbocycles. The fourth-order valence-electron chi connectivity index (χ4n) is 6.13. The Morgan fingerprint density at radius 3 is 2.28 bits per heavy atom. The summed E-state index contributed by atoms with van der Waals surface area (Å²) in [5.74, 6) is -2.88. The average Bonchev–Trinajstić information content (AvgIpc) is 2.94. The van der Waals surface area contributed by atoms with E-state index in [1.165, 1.54) is 17.7 Å². The summed E-state index contributed by atoms with van der Waals surface area (Å²) in [6, 6.07) is 11.4. The number of aliphatic hydroxyl groups excluding tert-OH is 1. The van der Waals surface area contributed by atoms with Crippen molar-refractivity contribution in [3.05, 3.63) is 94.1 Å². The van der Waals surface area contributed by atoms with E-state index >= 15 is 0 Å². The molecule has 43 heavy (non-hydrogen) atoms. The van der Waals surface area contributed by atoms with Gasteiger partial charge >= 0.3 is 0 Å². The number of allylic oxidation sites excluding steroid dienone is 2. The number of hydrogen-bond donors (Lipinski definition) is 3. The van der Waals surface area contributed by atoms with Crippen LogP contribution in [0.4, 0.5) is 8.78 Å². The molecule has 0 heterocycles. The molecular weight excluding hydrogens is 548 g/mol. The first-order chi connectivity index (χ1) is 20.4. The molecule has 0 saturated heterocycles. The highest BCUT2D eigenvalue weighted by Crippen LogP contribution is 2.44. The molecule has 6 nitrogen and oxygen atoms in total. The summed E-state index contributed by atoms with van der Waals surface area (Å²) < 4.78 is 28.5. The van der Waals surface area contributed by atoms with Crippen LogP contribution < -0.4 is 11.1 Å². The smallest absolute Gasteiger partial charge is 0.249 e. The Hall–Kier alpha value is -3.36. The average molecular weight is 596 g/mol. The summed E-state index contributed by atoms with van der Waals surface area (Å²) in [6.07, 6.45) is 3.88. The fourth-order valence-corrected chi connectivity index (χ4v) is 6.13. The van der Waals surface area contributed by atoms with Crippen LogP contribution in [-0.4, -0.2) is 47.6 Å². The normalized spacial score (nSPS) is 18.2. The number of nitrogens with zero attached hydrogens (tertiary/aromatic N) is 1. The van der Waals surface area contributed by atoms with Crippen molar-refractivity contribution in [1.29, 1.82) is 0 Å². The van der Waals surface area contributed by atoms with Crippen molar-refractivity contribution < 1.29 is 23.5 Å². The Balaban J connectivity index is 1.97. The second kappa shape index (κ2) is 15.4. The molecule has 1 aliphatic carbocycles. The van der Waals surface area contributed by atoms with Gasteiger partial charge in [-0.2, -0.15) is 0 Å². The summed E-state index contributed by atoms with van der Waals surface area (Å²) >= 11 is 0. The maximum absolute atomic E-state index is 14.2. The molecule has 0 spiro atoms. The molecule has 234 valence electrons. The summed E-state index contributed by atoms with van der Waals surface area (Å²) in [7, 11) is 0. The predicted octanol–water partition coefficient (Wildman–Crippen LogP) is 5.79. The topological polar surface area (TPSA) is 95.7 Å². The number of carbonyl (C=O) groups is 2. The maximum atomic E-state index is 14.2. The van der Waals surface area contributed by atoms with E-state index in [0.29, 0.717) is 42.3 Å². The first-order valence-electron chi connectivity index (χ1n) is 15.3. The van der Waals surface area contributed by atoms with Gasteiger partial charge in [-0.25, -0.2) is 8.78 Å². The van der Waals surface area contributed by atoms with Crippen molar-refractivity contribution in [3.63, 3.8) is 0 Å². The van der Waals surface area contributed by atoms with E-state index in [9.17, 15) is 23.5 Å². The molecule has 1 aliphatic rings. The van der Waals surface area contributed by atoms with Crippen molar-refractivity contribution in [2.75, 3.05) is 19.6 Å². The molecule has 1 unspecified atom stereocenters. The Bertz CT molecular complexity index is 1310. The Labute approximate surface area is 255 Å². The molecule has 0 bridgehead atoms. The first-order valence-corrected chi connectivity index (χ1v) is 15.3. The minimum atomic E-state index is -1.46. The highest BCUT2D eigenvalue weighted by Gasteiger charge is 2.48. The molecule has 2 amide bonds. The lowest BCUT2D eigenvalue weighted by Gasteiger charge is -2.42. The van der Waals surface area contributed by atoms with Crippen molar-refractivity contribution in [3.8, 4) is 0 Å². The minimum Gasteiger partial charge on any atom is -0.391 e. The number of primary amides is 1. The molecule has 0 radical (unpaired) electrons. The molecule has 3 atom stereocenters. The summed E-state index contributed by atoms with van der Waals surface area (Å²) in [6.45, 7) is 11.8. The van der Waals surface area contributed by atoms with Crippen LogP contribution in [0.5, 0.6) is 0 Å². The van der Waals surface area contributed by atoms with Gasteiger partial charge in [0.25, 0.3) is 0 Å². The Morgan fingerprint density at radius 1 is 1.05 bits per heavy atom. The number of nitrogens with one attached hydrogen (secondary N) is 1. The molecule has 4 N–H and O–H groups in total. The summed E-state index contributed by atoms with van der Waals surface area (Å²) in [5.41, 5.74) is 8.29.